The molecule has 0 radical (unpaired) electrons. The molecule has 27 heavy (non-hydrogen) atoms. The van der Waals surface area contributed by atoms with E-state index in [2.05, 4.69) is 15.6 Å². The minimum atomic E-state index is -0.463. The van der Waals surface area contributed by atoms with Crippen LogP contribution in [0.1, 0.15) is 18.9 Å². The van der Waals surface area contributed by atoms with Crippen molar-refractivity contribution in [2.75, 3.05) is 12.3 Å². The first-order valence-electron chi connectivity index (χ1n) is 8.83. The highest BCUT2D eigenvalue weighted by Crippen LogP contribution is 2.28. The van der Waals surface area contributed by atoms with Crippen molar-refractivity contribution in [2.45, 2.75) is 25.4 Å². The van der Waals surface area contributed by atoms with Crippen molar-refractivity contribution in [3.63, 3.8) is 0 Å². The third kappa shape index (κ3) is 4.68. The molecule has 0 fully saturated rings. The summed E-state index contributed by atoms with van der Waals surface area (Å²) in [5, 5.41) is 5.68. The number of thioether (sulfide) groups is 1. The van der Waals surface area contributed by atoms with Crippen molar-refractivity contribution in [3.8, 4) is 5.69 Å². The van der Waals surface area contributed by atoms with Gasteiger partial charge >= 0.3 is 6.03 Å². The molecule has 2 aromatic carbocycles. The molecular weight excluding hydrogens is 360 g/mol. The van der Waals surface area contributed by atoms with Gasteiger partial charge in [-0.1, -0.05) is 48.5 Å². The smallest absolute Gasteiger partial charge is 0.321 e. The summed E-state index contributed by atoms with van der Waals surface area (Å²) >= 11 is 1.31. The fourth-order valence-corrected chi connectivity index (χ4v) is 3.45. The van der Waals surface area contributed by atoms with Crippen LogP contribution in [0.3, 0.4) is 0 Å². The number of carbonyl (C=O) groups excluding carboxylic acids is 2. The maximum atomic E-state index is 12.1. The van der Waals surface area contributed by atoms with E-state index in [9.17, 15) is 9.59 Å². The Hall–Kier alpha value is -2.80. The van der Waals surface area contributed by atoms with E-state index in [1.165, 1.54) is 17.3 Å². The summed E-state index contributed by atoms with van der Waals surface area (Å²) in [6.07, 6.45) is 0.816. The molecule has 7 heteroatoms. The summed E-state index contributed by atoms with van der Waals surface area (Å²) in [7, 11) is 0. The molecule has 3 amide bonds. The highest BCUT2D eigenvalue weighted by molar-refractivity contribution is 7.99. The van der Waals surface area contributed by atoms with E-state index in [1.54, 1.807) is 0 Å². The molecule has 0 saturated carbocycles. The number of benzene rings is 2. The summed E-state index contributed by atoms with van der Waals surface area (Å²) in [6.45, 7) is 4.53. The van der Waals surface area contributed by atoms with Crippen molar-refractivity contribution >= 4 is 34.7 Å². The van der Waals surface area contributed by atoms with Crippen molar-refractivity contribution in [1.82, 2.24) is 20.2 Å². The average molecular weight is 382 g/mol. The largest absolute Gasteiger partial charge is 0.338 e. The molecule has 0 aliphatic rings. The first-order valence-corrected chi connectivity index (χ1v) is 9.82. The lowest BCUT2D eigenvalue weighted by Gasteiger charge is -2.09. The number of urea groups is 1. The number of hydrogen-bond acceptors (Lipinski definition) is 4. The first-order chi connectivity index (χ1) is 13.1. The Kier molecular flexibility index (Phi) is 6.13. The van der Waals surface area contributed by atoms with Crippen molar-refractivity contribution in [1.29, 1.82) is 0 Å². The normalized spacial score (nSPS) is 10.7. The van der Waals surface area contributed by atoms with Gasteiger partial charge in [-0.3, -0.25) is 14.7 Å². The fraction of sp³-hybridized carbons (Fsp3) is 0.250. The van der Waals surface area contributed by atoms with Crippen LogP contribution < -0.4 is 10.6 Å². The molecule has 1 heterocycles. The SMILES string of the molecule is CCCNC(=O)NC(=O)CSc1nc2ccccc2n1-c1ccc(C)cc1. The monoisotopic (exact) mass is 382 g/mol. The van der Waals surface area contributed by atoms with Gasteiger partial charge in [0, 0.05) is 12.2 Å². The third-order valence-electron chi connectivity index (χ3n) is 3.94. The van der Waals surface area contributed by atoms with E-state index in [-0.39, 0.29) is 11.7 Å². The Bertz CT molecular complexity index is 950. The molecule has 0 saturated heterocycles. The van der Waals surface area contributed by atoms with Crippen LogP contribution in [0, 0.1) is 6.92 Å². The second-order valence-electron chi connectivity index (χ2n) is 6.15. The number of imide groups is 1. The predicted octanol–water partition coefficient (Wildman–Crippen LogP) is 3.66. The molecule has 2 N–H and O–H groups in total. The summed E-state index contributed by atoms with van der Waals surface area (Å²) in [6, 6.07) is 15.5. The van der Waals surface area contributed by atoms with Crippen molar-refractivity contribution < 1.29 is 9.59 Å². The van der Waals surface area contributed by atoms with Gasteiger partial charge in [-0.2, -0.15) is 0 Å². The maximum absolute atomic E-state index is 12.1. The number of imidazole rings is 1. The van der Waals surface area contributed by atoms with E-state index in [4.69, 9.17) is 0 Å². The van der Waals surface area contributed by atoms with E-state index >= 15 is 0 Å². The molecule has 1 aromatic heterocycles. The van der Waals surface area contributed by atoms with Crippen LogP contribution >= 0.6 is 11.8 Å². The number of carbonyl (C=O) groups is 2. The zero-order chi connectivity index (χ0) is 19.2. The van der Waals surface area contributed by atoms with E-state index in [1.807, 2.05) is 66.9 Å². The van der Waals surface area contributed by atoms with E-state index in [0.29, 0.717) is 11.7 Å². The zero-order valence-electron chi connectivity index (χ0n) is 15.4. The van der Waals surface area contributed by atoms with Crippen LogP contribution in [-0.2, 0) is 4.79 Å². The van der Waals surface area contributed by atoms with Crippen LogP contribution in [-0.4, -0.2) is 33.8 Å². The van der Waals surface area contributed by atoms with Crippen LogP contribution in [0.15, 0.2) is 53.7 Å². The number of amides is 3. The Balaban J connectivity index is 1.80. The number of aromatic nitrogens is 2. The highest BCUT2D eigenvalue weighted by Gasteiger charge is 2.15. The molecule has 140 valence electrons. The predicted molar refractivity (Wildman–Crippen MR) is 108 cm³/mol. The van der Waals surface area contributed by atoms with Gasteiger partial charge in [0.15, 0.2) is 5.16 Å². The number of fused-ring (bicyclic) bond motifs is 1. The Morgan fingerprint density at radius 3 is 2.59 bits per heavy atom. The van der Waals surface area contributed by atoms with Crippen LogP contribution in [0.4, 0.5) is 4.79 Å². The molecule has 0 unspecified atom stereocenters. The Labute approximate surface area is 162 Å². The van der Waals surface area contributed by atoms with Gasteiger partial charge in [0.05, 0.1) is 16.8 Å². The van der Waals surface area contributed by atoms with E-state index in [0.717, 1.165) is 23.1 Å². The lowest BCUT2D eigenvalue weighted by Crippen LogP contribution is -2.40. The topological polar surface area (TPSA) is 76.0 Å². The van der Waals surface area contributed by atoms with Gasteiger partial charge in [0.25, 0.3) is 0 Å². The van der Waals surface area contributed by atoms with Gasteiger partial charge in [-0.15, -0.1) is 0 Å². The summed E-state index contributed by atoms with van der Waals surface area (Å²) in [4.78, 5) is 28.3. The highest BCUT2D eigenvalue weighted by atomic mass is 32.2. The quantitative estimate of drug-likeness (QED) is 0.638. The van der Waals surface area contributed by atoms with Gasteiger partial charge in [-0.25, -0.2) is 9.78 Å². The van der Waals surface area contributed by atoms with Gasteiger partial charge in [0.1, 0.15) is 0 Å². The molecule has 0 aliphatic carbocycles. The minimum Gasteiger partial charge on any atom is -0.338 e. The number of aryl methyl sites for hydroxylation is 1. The first kappa shape index (κ1) is 19.0. The summed E-state index contributed by atoms with van der Waals surface area (Å²) in [5.74, 6) is -0.245. The number of hydrogen-bond donors (Lipinski definition) is 2. The number of para-hydroxylation sites is 2. The minimum absolute atomic E-state index is 0.106. The van der Waals surface area contributed by atoms with Gasteiger partial charge in [-0.05, 0) is 37.6 Å². The lowest BCUT2D eigenvalue weighted by atomic mass is 10.2. The number of nitrogens with one attached hydrogen (secondary N) is 2. The average Bonchev–Trinajstić information content (AvgIpc) is 3.04. The number of nitrogens with zero attached hydrogens (tertiary/aromatic N) is 2. The fourth-order valence-electron chi connectivity index (χ4n) is 2.62. The second kappa shape index (κ2) is 8.73. The second-order valence-corrected chi connectivity index (χ2v) is 7.09. The molecule has 3 rings (SSSR count). The lowest BCUT2D eigenvalue weighted by molar-refractivity contribution is -0.117. The Morgan fingerprint density at radius 2 is 1.85 bits per heavy atom. The van der Waals surface area contributed by atoms with Gasteiger partial charge in [0.2, 0.25) is 5.91 Å². The molecule has 0 bridgehead atoms. The standard InChI is InChI=1S/C20H22N4O2S/c1-3-12-21-19(26)23-18(25)13-27-20-22-16-6-4-5-7-17(16)24(20)15-10-8-14(2)9-11-15/h4-11H,3,12-13H2,1-2H3,(H2,21,23,25,26). The molecule has 0 spiro atoms. The summed E-state index contributed by atoms with van der Waals surface area (Å²) < 4.78 is 2.03. The number of rotatable bonds is 6. The summed E-state index contributed by atoms with van der Waals surface area (Å²) in [5.41, 5.74) is 4.00. The third-order valence-corrected chi connectivity index (χ3v) is 4.88. The van der Waals surface area contributed by atoms with Crippen molar-refractivity contribution in [2.24, 2.45) is 0 Å². The maximum Gasteiger partial charge on any atom is 0.321 e. The van der Waals surface area contributed by atoms with E-state index < -0.39 is 6.03 Å². The molecule has 3 aromatic rings. The van der Waals surface area contributed by atoms with Crippen molar-refractivity contribution in [3.05, 3.63) is 54.1 Å². The van der Waals surface area contributed by atoms with Crippen LogP contribution in [0.2, 0.25) is 0 Å². The van der Waals surface area contributed by atoms with Crippen LogP contribution in [0.25, 0.3) is 16.7 Å². The van der Waals surface area contributed by atoms with Crippen LogP contribution in [0.5, 0.6) is 0 Å². The van der Waals surface area contributed by atoms with Gasteiger partial charge < -0.3 is 5.32 Å². The molecule has 6 nitrogen and oxygen atoms in total. The Morgan fingerprint density at radius 1 is 1.11 bits per heavy atom. The molecule has 0 atom stereocenters. The zero-order valence-corrected chi connectivity index (χ0v) is 16.2. The molecule has 0 aliphatic heterocycles. The molecular formula is C20H22N4O2S.